The monoisotopic (exact) mass is 441 g/mol. The summed E-state index contributed by atoms with van der Waals surface area (Å²) in [7, 11) is 1.48. The third kappa shape index (κ3) is 6.65. The van der Waals surface area contributed by atoms with Crippen molar-refractivity contribution in [1.82, 2.24) is 4.90 Å². The highest BCUT2D eigenvalue weighted by molar-refractivity contribution is 9.10. The predicted molar refractivity (Wildman–Crippen MR) is 107 cm³/mol. The maximum Gasteiger partial charge on any atom is 0.307 e. The standard InChI is InChI=1S/C20H28BrNO5/c1-12(2)22(13(3)4)20(25)14(5)27-19(24)10-8-17(23)16-11-15(21)7-9-18(16)26-6/h7,9,11-14H,8,10H2,1-6H3. The molecule has 0 aromatic heterocycles. The Balaban J connectivity index is 2.66. The molecule has 1 aromatic rings. The molecule has 150 valence electrons. The van der Waals surface area contributed by atoms with Gasteiger partial charge in [0, 0.05) is 23.0 Å². The molecule has 7 heteroatoms. The first-order chi connectivity index (χ1) is 12.6. The Morgan fingerprint density at radius 3 is 2.15 bits per heavy atom. The van der Waals surface area contributed by atoms with Gasteiger partial charge in [0.2, 0.25) is 0 Å². The van der Waals surface area contributed by atoms with Crippen molar-refractivity contribution < 1.29 is 23.9 Å². The fraction of sp³-hybridized carbons (Fsp3) is 0.550. The number of methoxy groups -OCH3 is 1. The number of amides is 1. The van der Waals surface area contributed by atoms with E-state index in [9.17, 15) is 14.4 Å². The zero-order chi connectivity index (χ0) is 20.7. The van der Waals surface area contributed by atoms with Crippen molar-refractivity contribution in [1.29, 1.82) is 0 Å². The summed E-state index contributed by atoms with van der Waals surface area (Å²) in [5, 5.41) is 0. The molecule has 0 bridgehead atoms. The van der Waals surface area contributed by atoms with Gasteiger partial charge in [-0.25, -0.2) is 0 Å². The van der Waals surface area contributed by atoms with Crippen molar-refractivity contribution in [2.75, 3.05) is 7.11 Å². The molecule has 1 aromatic carbocycles. The summed E-state index contributed by atoms with van der Waals surface area (Å²) in [4.78, 5) is 38.7. The smallest absolute Gasteiger partial charge is 0.307 e. The van der Waals surface area contributed by atoms with Crippen LogP contribution in [0.1, 0.15) is 57.8 Å². The molecule has 0 spiro atoms. The molecule has 0 aliphatic rings. The van der Waals surface area contributed by atoms with E-state index in [1.54, 1.807) is 30.0 Å². The lowest BCUT2D eigenvalue weighted by Crippen LogP contribution is -2.47. The van der Waals surface area contributed by atoms with Crippen LogP contribution in [0.15, 0.2) is 22.7 Å². The number of benzene rings is 1. The highest BCUT2D eigenvalue weighted by Gasteiger charge is 2.27. The normalized spacial score (nSPS) is 12.0. The number of nitrogens with zero attached hydrogens (tertiary/aromatic N) is 1. The summed E-state index contributed by atoms with van der Waals surface area (Å²) >= 11 is 3.32. The van der Waals surface area contributed by atoms with E-state index in [0.29, 0.717) is 11.3 Å². The zero-order valence-electron chi connectivity index (χ0n) is 16.7. The summed E-state index contributed by atoms with van der Waals surface area (Å²) in [6.07, 6.45) is -1.02. The summed E-state index contributed by atoms with van der Waals surface area (Å²) in [6, 6.07) is 5.12. The van der Waals surface area contributed by atoms with Gasteiger partial charge in [-0.2, -0.15) is 0 Å². The SMILES string of the molecule is COc1ccc(Br)cc1C(=O)CCC(=O)OC(C)C(=O)N(C(C)C)C(C)C. The number of esters is 1. The third-order valence-corrected chi connectivity index (χ3v) is 4.53. The van der Waals surface area contributed by atoms with E-state index < -0.39 is 12.1 Å². The maximum atomic E-state index is 12.5. The van der Waals surface area contributed by atoms with Crippen LogP contribution in [0.2, 0.25) is 0 Å². The average Bonchev–Trinajstić information content (AvgIpc) is 2.58. The van der Waals surface area contributed by atoms with Gasteiger partial charge in [0.05, 0.1) is 19.1 Å². The zero-order valence-corrected chi connectivity index (χ0v) is 18.3. The lowest BCUT2D eigenvalue weighted by Gasteiger charge is -2.32. The van der Waals surface area contributed by atoms with Crippen molar-refractivity contribution in [3.8, 4) is 5.75 Å². The van der Waals surface area contributed by atoms with Crippen LogP contribution in [-0.2, 0) is 14.3 Å². The topological polar surface area (TPSA) is 72.9 Å². The lowest BCUT2D eigenvalue weighted by atomic mass is 10.1. The molecule has 0 N–H and O–H groups in total. The van der Waals surface area contributed by atoms with E-state index >= 15 is 0 Å². The van der Waals surface area contributed by atoms with Gasteiger partial charge in [-0.05, 0) is 52.8 Å². The number of halogens is 1. The van der Waals surface area contributed by atoms with E-state index in [-0.39, 0.29) is 36.6 Å². The molecule has 0 radical (unpaired) electrons. The highest BCUT2D eigenvalue weighted by Crippen LogP contribution is 2.24. The molecule has 1 atom stereocenters. The van der Waals surface area contributed by atoms with Gasteiger partial charge in [-0.15, -0.1) is 0 Å². The first-order valence-corrected chi connectivity index (χ1v) is 9.76. The quantitative estimate of drug-likeness (QED) is 0.427. The summed E-state index contributed by atoms with van der Waals surface area (Å²) < 4.78 is 11.2. The van der Waals surface area contributed by atoms with Gasteiger partial charge < -0.3 is 14.4 Å². The van der Waals surface area contributed by atoms with Gasteiger partial charge in [0.25, 0.3) is 5.91 Å². The van der Waals surface area contributed by atoms with Crippen LogP contribution in [0.4, 0.5) is 0 Å². The molecule has 0 saturated carbocycles. The Kier molecular flexibility index (Phi) is 8.96. The molecule has 0 heterocycles. The first-order valence-electron chi connectivity index (χ1n) is 8.96. The molecule has 27 heavy (non-hydrogen) atoms. The molecular weight excluding hydrogens is 414 g/mol. The van der Waals surface area contributed by atoms with Crippen LogP contribution >= 0.6 is 15.9 Å². The number of carbonyl (C=O) groups is 3. The summed E-state index contributed by atoms with van der Waals surface area (Å²) in [6.45, 7) is 9.21. The highest BCUT2D eigenvalue weighted by atomic mass is 79.9. The van der Waals surface area contributed by atoms with Crippen molar-refractivity contribution >= 4 is 33.6 Å². The van der Waals surface area contributed by atoms with Gasteiger partial charge >= 0.3 is 5.97 Å². The van der Waals surface area contributed by atoms with Crippen molar-refractivity contribution in [2.45, 2.75) is 65.6 Å². The van der Waals surface area contributed by atoms with Gasteiger partial charge in [-0.1, -0.05) is 15.9 Å². The van der Waals surface area contributed by atoms with Crippen LogP contribution in [0, 0.1) is 0 Å². The number of carbonyl (C=O) groups excluding carboxylic acids is 3. The van der Waals surface area contributed by atoms with Crippen molar-refractivity contribution in [2.24, 2.45) is 0 Å². The van der Waals surface area contributed by atoms with E-state index in [2.05, 4.69) is 15.9 Å². The molecular formula is C20H28BrNO5. The number of ketones is 1. The van der Waals surface area contributed by atoms with Gasteiger partial charge in [-0.3, -0.25) is 14.4 Å². The average molecular weight is 442 g/mol. The minimum atomic E-state index is -0.891. The number of hydrogen-bond acceptors (Lipinski definition) is 5. The molecule has 1 unspecified atom stereocenters. The van der Waals surface area contributed by atoms with E-state index in [1.807, 2.05) is 27.7 Å². The minimum Gasteiger partial charge on any atom is -0.496 e. The fourth-order valence-corrected chi connectivity index (χ4v) is 3.23. The third-order valence-electron chi connectivity index (χ3n) is 4.04. The lowest BCUT2D eigenvalue weighted by molar-refractivity contribution is -0.160. The van der Waals surface area contributed by atoms with Crippen LogP contribution in [-0.4, -0.2) is 47.9 Å². The van der Waals surface area contributed by atoms with Gasteiger partial charge in [0.1, 0.15) is 5.75 Å². The van der Waals surface area contributed by atoms with Crippen LogP contribution in [0.25, 0.3) is 0 Å². The van der Waals surface area contributed by atoms with Crippen LogP contribution < -0.4 is 4.74 Å². The predicted octanol–water partition coefficient (Wildman–Crippen LogP) is 4.00. The first kappa shape index (κ1) is 23.1. The molecule has 0 aliphatic carbocycles. The summed E-state index contributed by atoms with van der Waals surface area (Å²) in [5.41, 5.74) is 0.398. The van der Waals surface area contributed by atoms with Crippen molar-refractivity contribution in [3.63, 3.8) is 0 Å². The summed E-state index contributed by atoms with van der Waals surface area (Å²) in [5.74, 6) is -0.598. The van der Waals surface area contributed by atoms with Crippen LogP contribution in [0.3, 0.4) is 0 Å². The fourth-order valence-electron chi connectivity index (χ4n) is 2.87. The largest absolute Gasteiger partial charge is 0.496 e. The van der Waals surface area contributed by atoms with E-state index in [0.717, 1.165) is 4.47 Å². The molecule has 0 saturated heterocycles. The molecule has 1 amide bonds. The molecule has 0 aliphatic heterocycles. The number of hydrogen-bond donors (Lipinski definition) is 0. The molecule has 0 fully saturated rings. The Morgan fingerprint density at radius 1 is 1.04 bits per heavy atom. The second-order valence-electron chi connectivity index (χ2n) is 6.83. The van der Waals surface area contributed by atoms with Gasteiger partial charge in [0.15, 0.2) is 11.9 Å². The Bertz CT molecular complexity index is 679. The van der Waals surface area contributed by atoms with Crippen molar-refractivity contribution in [3.05, 3.63) is 28.2 Å². The van der Waals surface area contributed by atoms with Crippen LogP contribution in [0.5, 0.6) is 5.75 Å². The Labute approximate surface area is 169 Å². The van der Waals surface area contributed by atoms with E-state index in [1.165, 1.54) is 7.11 Å². The molecule has 1 rings (SSSR count). The Hall–Kier alpha value is -1.89. The van der Waals surface area contributed by atoms with E-state index in [4.69, 9.17) is 9.47 Å². The second kappa shape index (κ2) is 10.4. The number of rotatable bonds is 9. The number of Topliss-reactive ketones (excluding diaryl/α,β-unsaturated/α-hetero) is 1. The maximum absolute atomic E-state index is 12.5. The number of ether oxygens (including phenoxy) is 2. The minimum absolute atomic E-state index is 0.00391. The Morgan fingerprint density at radius 2 is 1.63 bits per heavy atom. The second-order valence-corrected chi connectivity index (χ2v) is 7.75. The molecule has 6 nitrogen and oxygen atoms in total.